The summed E-state index contributed by atoms with van der Waals surface area (Å²) in [7, 11) is 0. The molecule has 2 aromatic rings. The van der Waals surface area contributed by atoms with Gasteiger partial charge in [0.2, 0.25) is 6.29 Å². The molecule has 0 bridgehead atoms. The first kappa shape index (κ1) is 23.5. The molecule has 10 heteroatoms. The maximum atomic E-state index is 12.1. The minimum absolute atomic E-state index is 0.114. The maximum Gasteiger partial charge on any atom is 0.338 e. The molecule has 3 rings (SSSR count). The van der Waals surface area contributed by atoms with E-state index in [2.05, 4.69) is 0 Å². The summed E-state index contributed by atoms with van der Waals surface area (Å²) < 4.78 is 21.0. The number of rotatable bonds is 7. The molecule has 1 aliphatic heterocycles. The van der Waals surface area contributed by atoms with Gasteiger partial charge in [-0.2, -0.15) is 0 Å². The Morgan fingerprint density at radius 1 is 0.969 bits per heavy atom. The molecule has 32 heavy (non-hydrogen) atoms. The van der Waals surface area contributed by atoms with Gasteiger partial charge in [-0.05, 0) is 29.8 Å². The number of esters is 2. The van der Waals surface area contributed by atoms with E-state index in [1.54, 1.807) is 30.3 Å². The van der Waals surface area contributed by atoms with Gasteiger partial charge in [-0.1, -0.05) is 24.3 Å². The predicted octanol–water partition coefficient (Wildman–Crippen LogP) is 0.499. The highest BCUT2D eigenvalue weighted by Gasteiger charge is 2.45. The topological polar surface area (TPSA) is 152 Å². The Labute approximate surface area is 183 Å². The van der Waals surface area contributed by atoms with Crippen molar-refractivity contribution in [3.63, 3.8) is 0 Å². The molecule has 0 amide bonds. The van der Waals surface area contributed by atoms with E-state index >= 15 is 0 Å². The third-order valence-corrected chi connectivity index (χ3v) is 4.77. The fourth-order valence-electron chi connectivity index (χ4n) is 3.03. The van der Waals surface area contributed by atoms with E-state index in [1.165, 1.54) is 25.1 Å². The summed E-state index contributed by atoms with van der Waals surface area (Å²) in [4.78, 5) is 23.1. The normalized spacial score (nSPS) is 25.1. The van der Waals surface area contributed by atoms with E-state index in [1.807, 2.05) is 0 Å². The average Bonchev–Trinajstić information content (AvgIpc) is 2.79. The molecule has 0 radical (unpaired) electrons. The van der Waals surface area contributed by atoms with E-state index in [4.69, 9.17) is 18.9 Å². The number of hydrogen-bond acceptors (Lipinski definition) is 10. The number of carbonyl (C=O) groups excluding carboxylic acids is 2. The SMILES string of the molecule is CC(=O)OCC1OC(Oc2cc(COC(=O)c3ccccc3)ccc2O)C(O)C(O)C1O. The largest absolute Gasteiger partial charge is 0.504 e. The summed E-state index contributed by atoms with van der Waals surface area (Å²) in [6.07, 6.45) is -7.48. The maximum absolute atomic E-state index is 12.1. The fraction of sp³-hybridized carbons (Fsp3) is 0.364. The molecule has 2 aromatic carbocycles. The Bertz CT molecular complexity index is 932. The van der Waals surface area contributed by atoms with Crippen LogP contribution < -0.4 is 4.74 Å². The summed E-state index contributed by atoms with van der Waals surface area (Å²) in [5.74, 6) is -1.56. The van der Waals surface area contributed by atoms with Crippen LogP contribution >= 0.6 is 0 Å². The number of ether oxygens (including phenoxy) is 4. The van der Waals surface area contributed by atoms with Gasteiger partial charge in [-0.3, -0.25) is 4.79 Å². The van der Waals surface area contributed by atoms with Gasteiger partial charge in [-0.15, -0.1) is 0 Å². The van der Waals surface area contributed by atoms with Gasteiger partial charge in [0.15, 0.2) is 11.5 Å². The lowest BCUT2D eigenvalue weighted by atomic mass is 9.99. The number of phenols is 1. The summed E-state index contributed by atoms with van der Waals surface area (Å²) in [5, 5.41) is 40.5. The van der Waals surface area contributed by atoms with Crippen molar-refractivity contribution < 1.29 is 49.0 Å². The Morgan fingerprint density at radius 3 is 2.38 bits per heavy atom. The van der Waals surface area contributed by atoms with Crippen LogP contribution in [0.25, 0.3) is 0 Å². The number of aliphatic hydroxyl groups is 3. The Hall–Kier alpha value is -3.18. The fourth-order valence-corrected chi connectivity index (χ4v) is 3.03. The number of phenolic OH excluding ortho intramolecular Hbond substituents is 1. The molecule has 1 fully saturated rings. The van der Waals surface area contributed by atoms with Gasteiger partial charge in [0.1, 0.15) is 37.6 Å². The second-order valence-corrected chi connectivity index (χ2v) is 7.18. The van der Waals surface area contributed by atoms with Gasteiger partial charge in [-0.25, -0.2) is 4.79 Å². The number of benzene rings is 2. The molecule has 5 unspecified atom stereocenters. The molecule has 172 valence electrons. The second kappa shape index (κ2) is 10.4. The van der Waals surface area contributed by atoms with Crippen LogP contribution in [0, 0.1) is 0 Å². The Kier molecular flexibility index (Phi) is 7.65. The molecule has 1 heterocycles. The number of hydrogen-bond donors (Lipinski definition) is 4. The highest BCUT2D eigenvalue weighted by molar-refractivity contribution is 5.89. The summed E-state index contributed by atoms with van der Waals surface area (Å²) in [6.45, 7) is 0.680. The second-order valence-electron chi connectivity index (χ2n) is 7.18. The lowest BCUT2D eigenvalue weighted by Crippen LogP contribution is -2.60. The average molecular weight is 448 g/mol. The lowest BCUT2D eigenvalue weighted by molar-refractivity contribution is -0.278. The van der Waals surface area contributed by atoms with Crippen molar-refractivity contribution in [1.29, 1.82) is 0 Å². The van der Waals surface area contributed by atoms with Crippen molar-refractivity contribution in [2.45, 2.75) is 44.2 Å². The van der Waals surface area contributed by atoms with Crippen LogP contribution in [-0.4, -0.2) is 69.7 Å². The van der Waals surface area contributed by atoms with E-state index in [-0.39, 0.29) is 24.7 Å². The molecule has 10 nitrogen and oxygen atoms in total. The molecule has 0 saturated carbocycles. The Morgan fingerprint density at radius 2 is 1.69 bits per heavy atom. The molecule has 0 spiro atoms. The minimum atomic E-state index is -1.66. The first-order chi connectivity index (χ1) is 15.3. The lowest BCUT2D eigenvalue weighted by Gasteiger charge is -2.39. The van der Waals surface area contributed by atoms with E-state index in [0.29, 0.717) is 11.1 Å². The van der Waals surface area contributed by atoms with Crippen molar-refractivity contribution in [3.05, 3.63) is 59.7 Å². The van der Waals surface area contributed by atoms with Gasteiger partial charge in [0, 0.05) is 6.92 Å². The molecule has 1 saturated heterocycles. The van der Waals surface area contributed by atoms with Crippen molar-refractivity contribution in [2.75, 3.05) is 6.61 Å². The van der Waals surface area contributed by atoms with Gasteiger partial charge < -0.3 is 39.4 Å². The van der Waals surface area contributed by atoms with Crippen LogP contribution in [0.5, 0.6) is 11.5 Å². The van der Waals surface area contributed by atoms with Gasteiger partial charge in [0.05, 0.1) is 5.56 Å². The quantitative estimate of drug-likeness (QED) is 0.441. The highest BCUT2D eigenvalue weighted by atomic mass is 16.7. The standard InChI is InChI=1S/C22H24O10/c1-12(23)29-11-17-18(25)19(26)20(27)22(32-17)31-16-9-13(7-8-15(16)24)10-30-21(28)14-5-3-2-4-6-14/h2-9,17-20,22,24-27H,10-11H2,1H3. The van der Waals surface area contributed by atoms with Crippen LogP contribution in [0.15, 0.2) is 48.5 Å². The molecule has 0 aromatic heterocycles. The Balaban J connectivity index is 1.67. The van der Waals surface area contributed by atoms with Gasteiger partial charge in [0.25, 0.3) is 0 Å². The van der Waals surface area contributed by atoms with Crippen LogP contribution in [-0.2, 0) is 25.6 Å². The summed E-state index contributed by atoms with van der Waals surface area (Å²) in [5.41, 5.74) is 0.859. The zero-order valence-corrected chi connectivity index (χ0v) is 17.2. The summed E-state index contributed by atoms with van der Waals surface area (Å²) in [6, 6.07) is 12.6. The van der Waals surface area contributed by atoms with Crippen LogP contribution in [0.4, 0.5) is 0 Å². The van der Waals surface area contributed by atoms with Crippen molar-refractivity contribution >= 4 is 11.9 Å². The smallest absolute Gasteiger partial charge is 0.338 e. The zero-order chi connectivity index (χ0) is 23.3. The zero-order valence-electron chi connectivity index (χ0n) is 17.2. The molecule has 4 N–H and O–H groups in total. The third kappa shape index (κ3) is 5.74. The van der Waals surface area contributed by atoms with Crippen LogP contribution in [0.1, 0.15) is 22.8 Å². The number of carbonyl (C=O) groups is 2. The van der Waals surface area contributed by atoms with E-state index in [0.717, 1.165) is 0 Å². The minimum Gasteiger partial charge on any atom is -0.504 e. The van der Waals surface area contributed by atoms with Crippen molar-refractivity contribution in [3.8, 4) is 11.5 Å². The monoisotopic (exact) mass is 448 g/mol. The van der Waals surface area contributed by atoms with E-state index in [9.17, 15) is 30.0 Å². The predicted molar refractivity (Wildman–Crippen MR) is 108 cm³/mol. The first-order valence-corrected chi connectivity index (χ1v) is 9.80. The van der Waals surface area contributed by atoms with Crippen LogP contribution in [0.2, 0.25) is 0 Å². The van der Waals surface area contributed by atoms with Gasteiger partial charge >= 0.3 is 11.9 Å². The molecule has 5 atom stereocenters. The summed E-state index contributed by atoms with van der Waals surface area (Å²) >= 11 is 0. The van der Waals surface area contributed by atoms with Crippen molar-refractivity contribution in [1.82, 2.24) is 0 Å². The highest BCUT2D eigenvalue weighted by Crippen LogP contribution is 2.31. The molecule has 1 aliphatic rings. The molecular weight excluding hydrogens is 424 g/mol. The third-order valence-electron chi connectivity index (χ3n) is 4.77. The van der Waals surface area contributed by atoms with E-state index < -0.39 is 42.6 Å². The number of aromatic hydroxyl groups is 1. The molecular formula is C22H24O10. The molecule has 0 aliphatic carbocycles. The number of aliphatic hydroxyl groups excluding tert-OH is 3. The van der Waals surface area contributed by atoms with Crippen molar-refractivity contribution in [2.24, 2.45) is 0 Å². The first-order valence-electron chi connectivity index (χ1n) is 9.80. The van der Waals surface area contributed by atoms with Crippen LogP contribution in [0.3, 0.4) is 0 Å².